The van der Waals surface area contributed by atoms with Gasteiger partial charge < -0.3 is 100 Å². The molecule has 5 fully saturated rings. The van der Waals surface area contributed by atoms with Crippen LogP contribution in [-0.2, 0) is 87.5 Å². The Kier molecular flexibility index (Phi) is 37.4. The van der Waals surface area contributed by atoms with Crippen molar-refractivity contribution in [2.75, 3.05) is 33.0 Å². The highest BCUT2D eigenvalue weighted by Gasteiger charge is 2.50. The Morgan fingerprint density at radius 1 is 0.321 bits per heavy atom. The van der Waals surface area contributed by atoms with E-state index in [1.165, 1.54) is 86.0 Å². The number of aryl methyl sites for hydroxylation is 4. The number of alkyl halides is 4. The van der Waals surface area contributed by atoms with E-state index in [9.17, 15) is 168 Å². The zero-order valence-electron chi connectivity index (χ0n) is 72.2. The molecule has 10 aromatic rings. The maximum atomic E-state index is 14.6. The highest BCUT2D eigenvalue weighted by molar-refractivity contribution is 14.1. The smallest absolute Gasteiger partial charge is 0.333 e. The Morgan fingerprint density at radius 3 is 0.829 bits per heavy atom. The Balaban J connectivity index is 0.000000167. The number of ether oxygens (including phenoxy) is 5. The molecule has 5 aromatic carbocycles. The van der Waals surface area contributed by atoms with Crippen molar-refractivity contribution in [3.63, 3.8) is 0 Å². The van der Waals surface area contributed by atoms with Crippen LogP contribution in [0.5, 0.6) is 0 Å². The van der Waals surface area contributed by atoms with Gasteiger partial charge in [0.05, 0.1) is 62.2 Å². The molecule has 0 spiro atoms. The van der Waals surface area contributed by atoms with E-state index in [0.29, 0.717) is 27.3 Å². The molecule has 5 unspecified atom stereocenters. The lowest BCUT2D eigenvalue weighted by molar-refractivity contribution is -0.0579. The fourth-order valence-corrected chi connectivity index (χ4v) is 17.3. The van der Waals surface area contributed by atoms with Gasteiger partial charge in [-0.3, -0.25) is 69.6 Å². The quantitative estimate of drug-likeness (QED) is 0.0248. The highest BCUT2D eigenvalue weighted by Crippen LogP contribution is 2.36. The molecule has 0 saturated carbocycles. The standard InChI is InChI=1S/C18H20F2N2O6.2C17H17BrF2N2O6.2C17H17F2IN2O6/c1-9-7-22(17-15(25)14(24)13(8-23)28-17)18(27)21(16(9)26)5-4-10-2-3-11(19)6-12(10)20;18-10-6-22(16-14(25)13(24)12(7-23)28-16)17(27)21(15(10)26)4-3-8-1-2-9(19)5-11(8)20;18-10-6-21(15-13(25)12(24)11(7-23)28-15)16(27)22(14(10)26)8-17(19,20)9-4-2-1-3-5-9;18-9-2-1-8(10(19)5-9)3-4-21-15(26)11(20)6-22(17(21)27)16-14(25)13(24)12(7-23)28-16;18-17(19,9-4-2-1-3-5-9)8-22-14(26)10(20)6-21(16(22)27)15-13(25)12(24)11(7-23)28-15/h2-3,6-7,13-15,17,23-25H,4-5,8H2,1H3;1-2,5-6,12-14,16,23-25H,3-4,7H2;1-6,11-13,15,23-25H,7-8H2;1-2,5-6,12-14,16,23-25H,3-4,7H2;1-6,11-13,15,23-25H,7-8H2/t13-,14+,15?,17-;12-,13+,14?,16-;11-,12+,13?,15-;12-,13+,14?,16-;11-,12+,13?,15-/m11111/s1. The molecule has 40 nitrogen and oxygen atoms in total. The van der Waals surface area contributed by atoms with Gasteiger partial charge in [0, 0.05) is 85.5 Å². The third-order valence-electron chi connectivity index (χ3n) is 22.9. The predicted molar refractivity (Wildman–Crippen MR) is 486 cm³/mol. The van der Waals surface area contributed by atoms with E-state index in [1.807, 2.05) is 0 Å². The van der Waals surface area contributed by atoms with Gasteiger partial charge in [-0.2, -0.15) is 17.6 Å². The van der Waals surface area contributed by atoms with Crippen LogP contribution in [0, 0.1) is 49.0 Å². The van der Waals surface area contributed by atoms with Crippen molar-refractivity contribution in [1.82, 2.24) is 45.7 Å². The molecule has 15 rings (SSSR count). The third kappa shape index (κ3) is 24.4. The van der Waals surface area contributed by atoms with Crippen molar-refractivity contribution in [2.45, 2.75) is 193 Å². The summed E-state index contributed by atoms with van der Waals surface area (Å²) in [5, 5.41) is 146. The van der Waals surface area contributed by atoms with Crippen LogP contribution in [0.4, 0.5) is 43.9 Å². The first-order valence-electron chi connectivity index (χ1n) is 41.8. The van der Waals surface area contributed by atoms with Crippen LogP contribution in [0.15, 0.2) is 203 Å². The minimum Gasteiger partial charge on any atom is -0.394 e. The first-order chi connectivity index (χ1) is 66.1. The minimum atomic E-state index is -3.52. The molecule has 10 heterocycles. The fourth-order valence-electron chi connectivity index (χ4n) is 15.3. The number of benzene rings is 5. The normalized spacial score (nSPS) is 24.9. The van der Waals surface area contributed by atoms with Crippen LogP contribution in [0.3, 0.4) is 0 Å². The summed E-state index contributed by atoms with van der Waals surface area (Å²) in [6.07, 6.45) is -21.9. The van der Waals surface area contributed by atoms with Crippen LogP contribution in [0.1, 0.15) is 64.5 Å². The molecule has 5 aromatic heterocycles. The van der Waals surface area contributed by atoms with Crippen LogP contribution < -0.4 is 56.2 Å². The second kappa shape index (κ2) is 47.3. The SMILES string of the molecule is Cc1cn([C@@H]2O[C@H](CO)[C@H](O)C2O)c(=O)n(CCc2ccc(F)cc2F)c1=O.O=c1c(Br)cn([C@@H]2O[C@H](CO)[C@H](O)C2O)c(=O)n1CC(F)(F)c1ccccc1.O=c1c(Br)cn([C@@H]2O[C@H](CO)[C@H](O)C2O)c(=O)n1CCc1ccc(F)cc1F.O=c1c(I)cn([C@@H]2O[C@H](CO)[C@H](O)C2O)c(=O)n1CC(F)(F)c1ccccc1.O=c1c(I)cn([C@@H]2O[C@H](CO)[C@H](O)C2O)c(=O)n1CCc1ccc(F)cc1F. The number of rotatable bonds is 25. The van der Waals surface area contributed by atoms with E-state index in [2.05, 4.69) is 31.9 Å². The first-order valence-corrected chi connectivity index (χ1v) is 45.5. The summed E-state index contributed by atoms with van der Waals surface area (Å²) in [4.78, 5) is 126. The maximum Gasteiger partial charge on any atom is 0.333 e. The predicted octanol–water partition coefficient (Wildman–Crippen LogP) is -0.703. The van der Waals surface area contributed by atoms with Crippen LogP contribution in [0.2, 0.25) is 0 Å². The Hall–Kier alpha value is -9.58. The summed E-state index contributed by atoms with van der Waals surface area (Å²) in [5.41, 5.74) is -8.78. The van der Waals surface area contributed by atoms with E-state index >= 15 is 0 Å². The highest BCUT2D eigenvalue weighted by atomic mass is 127. The zero-order valence-corrected chi connectivity index (χ0v) is 79.7. The summed E-state index contributed by atoms with van der Waals surface area (Å²) in [6, 6.07) is 22.5. The van der Waals surface area contributed by atoms with Gasteiger partial charge in [-0.15, -0.1) is 0 Å². The maximum absolute atomic E-state index is 14.6. The third-order valence-corrected chi connectivity index (χ3v) is 25.5. The summed E-state index contributed by atoms with van der Waals surface area (Å²) < 4.78 is 173. The number of hydrogen-bond donors (Lipinski definition) is 15. The molecule has 5 saturated heterocycles. The second-order valence-corrected chi connectivity index (χ2v) is 36.1. The molecule has 20 atom stereocenters. The topological polar surface area (TPSA) is 570 Å². The van der Waals surface area contributed by atoms with Gasteiger partial charge in [0.1, 0.15) is 126 Å². The molecule has 0 radical (unpaired) electrons. The van der Waals surface area contributed by atoms with Crippen LogP contribution >= 0.6 is 77.0 Å². The molecule has 54 heteroatoms. The van der Waals surface area contributed by atoms with Crippen LogP contribution in [-0.4, -0.2) is 247 Å². The minimum absolute atomic E-state index is 0.0237. The van der Waals surface area contributed by atoms with Gasteiger partial charge in [-0.05, 0) is 138 Å². The number of aliphatic hydroxyl groups is 15. The number of halogens is 14. The van der Waals surface area contributed by atoms with Gasteiger partial charge in [-0.25, -0.2) is 50.3 Å². The molecule has 5 aliphatic heterocycles. The van der Waals surface area contributed by atoms with Gasteiger partial charge in [0.15, 0.2) is 31.1 Å². The van der Waals surface area contributed by atoms with E-state index < -0.39 is 272 Å². The summed E-state index contributed by atoms with van der Waals surface area (Å²) in [7, 11) is 0. The summed E-state index contributed by atoms with van der Waals surface area (Å²) in [5.74, 6) is -11.6. The van der Waals surface area contributed by atoms with Crippen molar-refractivity contribution >= 4 is 77.0 Å². The average molecular weight is 2350 g/mol. The number of nitrogens with zero attached hydrogens (tertiary/aromatic N) is 10. The molecule has 760 valence electrons. The Bertz CT molecular complexity index is 6210. The summed E-state index contributed by atoms with van der Waals surface area (Å²) >= 11 is 9.24. The van der Waals surface area contributed by atoms with Gasteiger partial charge in [0.2, 0.25) is 0 Å². The molecule has 0 aliphatic carbocycles. The first kappa shape index (κ1) is 111. The van der Waals surface area contributed by atoms with Crippen molar-refractivity contribution in [3.8, 4) is 0 Å². The molecular weight excluding hydrogens is 2260 g/mol. The monoisotopic (exact) mass is 2340 g/mol. The lowest BCUT2D eigenvalue weighted by Gasteiger charge is -2.22. The molecular formula is C86H88Br2F10I2N10O30. The Morgan fingerprint density at radius 2 is 0.557 bits per heavy atom. The molecule has 0 bridgehead atoms. The fraction of sp³-hybridized carbons (Fsp3) is 0.419. The van der Waals surface area contributed by atoms with E-state index in [4.69, 9.17) is 23.7 Å². The van der Waals surface area contributed by atoms with E-state index in [1.54, 1.807) is 57.3 Å². The van der Waals surface area contributed by atoms with Gasteiger partial charge in [0.25, 0.3) is 39.6 Å². The van der Waals surface area contributed by atoms with Crippen molar-refractivity contribution < 1.29 is 144 Å². The van der Waals surface area contributed by atoms with Crippen LogP contribution in [0.25, 0.3) is 0 Å². The van der Waals surface area contributed by atoms with Gasteiger partial charge >= 0.3 is 28.4 Å². The number of aromatic nitrogens is 10. The lowest BCUT2D eigenvalue weighted by atomic mass is 10.1. The van der Waals surface area contributed by atoms with E-state index in [-0.39, 0.29) is 88.4 Å². The average Bonchev–Trinajstić information content (AvgIpc) is 1.48. The lowest BCUT2D eigenvalue weighted by Crippen LogP contribution is -2.46. The van der Waals surface area contributed by atoms with Crippen molar-refractivity contribution in [2.24, 2.45) is 0 Å². The largest absolute Gasteiger partial charge is 0.394 e. The number of aliphatic hydroxyl groups excluding tert-OH is 15. The van der Waals surface area contributed by atoms with E-state index in [0.717, 1.165) is 73.3 Å². The summed E-state index contributed by atoms with van der Waals surface area (Å²) in [6.45, 7) is -4.53. The molecule has 15 N–H and O–H groups in total. The zero-order chi connectivity index (χ0) is 103. The molecule has 0 amide bonds. The van der Waals surface area contributed by atoms with Crippen molar-refractivity contribution in [3.05, 3.63) is 335 Å². The number of hydrogen-bond acceptors (Lipinski definition) is 30. The molecule has 140 heavy (non-hydrogen) atoms. The Labute approximate surface area is 822 Å². The van der Waals surface area contributed by atoms with Gasteiger partial charge in [-0.1, -0.05) is 78.9 Å². The second-order valence-electron chi connectivity index (χ2n) is 32.1. The molecule has 5 aliphatic rings. The van der Waals surface area contributed by atoms with Crippen molar-refractivity contribution in [1.29, 1.82) is 0 Å².